The first kappa shape index (κ1) is 26.5. The minimum absolute atomic E-state index is 0.0935. The van der Waals surface area contributed by atoms with Crippen LogP contribution < -0.4 is 5.56 Å². The lowest BCUT2D eigenvalue weighted by molar-refractivity contribution is 0.140. The number of aromatic nitrogens is 6. The number of aryl methyl sites for hydroxylation is 1. The first-order valence-electron chi connectivity index (χ1n) is 14.3. The van der Waals surface area contributed by atoms with Crippen LogP contribution in [0, 0.1) is 0 Å². The van der Waals surface area contributed by atoms with Gasteiger partial charge in [-0.15, -0.1) is 0 Å². The highest BCUT2D eigenvalue weighted by Crippen LogP contribution is 2.37. The largest absolute Gasteiger partial charge is 0.507 e. The molecule has 7 rings (SSSR count). The van der Waals surface area contributed by atoms with Crippen LogP contribution in [-0.2, 0) is 17.7 Å². The number of rotatable bonds is 7. The number of ether oxygens (including phenoxy) is 1. The summed E-state index contributed by atoms with van der Waals surface area (Å²) in [7, 11) is 0. The molecule has 9 nitrogen and oxygen atoms in total. The summed E-state index contributed by atoms with van der Waals surface area (Å²) in [6, 6.07) is 20.9. The van der Waals surface area contributed by atoms with Crippen LogP contribution in [0.2, 0.25) is 0 Å². The number of nitrogens with one attached hydrogen (secondary N) is 1. The minimum atomic E-state index is -0.163. The minimum Gasteiger partial charge on any atom is -0.507 e. The Bertz CT molecular complexity index is 2030. The van der Waals surface area contributed by atoms with Crippen LogP contribution in [0.3, 0.4) is 0 Å². The molecular weight excluding hydrogens is 540 g/mol. The Morgan fingerprint density at radius 1 is 1.07 bits per heavy atom. The molecule has 0 spiro atoms. The monoisotopic (exact) mass is 570 g/mol. The maximum atomic E-state index is 11.7. The van der Waals surface area contributed by atoms with Gasteiger partial charge in [-0.3, -0.25) is 9.78 Å². The zero-order chi connectivity index (χ0) is 29.5. The average Bonchev–Trinajstić information content (AvgIpc) is 3.75. The topological polar surface area (TPSA) is 111 Å². The molecule has 1 aliphatic heterocycles. The predicted molar refractivity (Wildman–Crippen MR) is 165 cm³/mol. The van der Waals surface area contributed by atoms with Gasteiger partial charge < -0.3 is 19.4 Å². The molecule has 9 heteroatoms. The summed E-state index contributed by atoms with van der Waals surface area (Å²) in [4.78, 5) is 23.8. The van der Waals surface area contributed by atoms with Crippen molar-refractivity contribution in [3.05, 3.63) is 124 Å². The zero-order valence-electron chi connectivity index (χ0n) is 23.9. The Balaban J connectivity index is 1.38. The van der Waals surface area contributed by atoms with Crippen molar-refractivity contribution in [2.24, 2.45) is 0 Å². The second-order valence-electron chi connectivity index (χ2n) is 10.7. The van der Waals surface area contributed by atoms with E-state index >= 15 is 0 Å². The van der Waals surface area contributed by atoms with Crippen molar-refractivity contribution >= 4 is 11.0 Å². The Kier molecular flexibility index (Phi) is 6.62. The van der Waals surface area contributed by atoms with Gasteiger partial charge in [0.15, 0.2) is 0 Å². The molecule has 0 saturated heterocycles. The van der Waals surface area contributed by atoms with E-state index in [1.165, 1.54) is 6.07 Å². The molecule has 0 fully saturated rings. The third-order valence-electron chi connectivity index (χ3n) is 7.83. The number of allylic oxidation sites excluding steroid dienone is 1. The Hall–Kier alpha value is -5.44. The maximum Gasteiger partial charge on any atom is 0.247 e. The van der Waals surface area contributed by atoms with Crippen LogP contribution in [-0.4, -0.2) is 34.4 Å². The van der Waals surface area contributed by atoms with E-state index in [-0.39, 0.29) is 17.4 Å². The second kappa shape index (κ2) is 10.8. The van der Waals surface area contributed by atoms with Crippen molar-refractivity contribution in [1.29, 1.82) is 0 Å². The summed E-state index contributed by atoms with van der Waals surface area (Å²) in [6.45, 7) is 4.50. The molecule has 5 heterocycles. The molecule has 4 aromatic heterocycles. The second-order valence-corrected chi connectivity index (χ2v) is 10.7. The summed E-state index contributed by atoms with van der Waals surface area (Å²) in [5.74, 6) is 1.65. The summed E-state index contributed by atoms with van der Waals surface area (Å²) in [5.41, 5.74) is 7.69. The number of benzene rings is 2. The van der Waals surface area contributed by atoms with E-state index in [1.54, 1.807) is 30.7 Å². The van der Waals surface area contributed by atoms with Gasteiger partial charge in [0.2, 0.25) is 5.56 Å². The molecular formula is C34H30N6O3. The number of hydrogen-bond acceptors (Lipinski definition) is 6. The Labute approximate surface area is 247 Å². The molecule has 2 N–H and O–H groups in total. The van der Waals surface area contributed by atoms with Crippen molar-refractivity contribution in [1.82, 2.24) is 29.3 Å². The fraction of sp³-hybridized carbons (Fsp3) is 0.176. The van der Waals surface area contributed by atoms with Crippen molar-refractivity contribution in [3.8, 4) is 34.0 Å². The van der Waals surface area contributed by atoms with E-state index in [4.69, 9.17) is 14.8 Å². The van der Waals surface area contributed by atoms with Crippen molar-refractivity contribution in [3.63, 3.8) is 0 Å². The SMILES string of the molecule is CCc1cc(C2CC=C(C)O2)n(-c2ccc3c(c2)nc(-c2cc(-c4cccnc4)ccc2O)n3Cc2ccc(=O)[nH]c2)n1. The van der Waals surface area contributed by atoms with E-state index in [9.17, 15) is 9.90 Å². The fourth-order valence-electron chi connectivity index (χ4n) is 5.60. The van der Waals surface area contributed by atoms with Gasteiger partial charge in [-0.05, 0) is 73.0 Å². The third kappa shape index (κ3) is 4.99. The quantitative estimate of drug-likeness (QED) is 0.232. The van der Waals surface area contributed by atoms with Gasteiger partial charge in [0.25, 0.3) is 0 Å². The number of pyridine rings is 2. The number of hydrogen-bond donors (Lipinski definition) is 2. The summed E-state index contributed by atoms with van der Waals surface area (Å²) >= 11 is 0. The number of phenols is 1. The Morgan fingerprint density at radius 3 is 2.72 bits per heavy atom. The van der Waals surface area contributed by atoms with Crippen LogP contribution in [0.4, 0.5) is 0 Å². The van der Waals surface area contributed by atoms with E-state index in [0.717, 1.165) is 63.4 Å². The van der Waals surface area contributed by atoms with Crippen LogP contribution >= 0.6 is 0 Å². The number of nitrogens with zero attached hydrogens (tertiary/aromatic N) is 5. The van der Waals surface area contributed by atoms with Crippen LogP contribution in [0.1, 0.15) is 43.3 Å². The molecule has 0 radical (unpaired) electrons. The molecule has 2 aromatic carbocycles. The van der Waals surface area contributed by atoms with Crippen LogP contribution in [0.25, 0.3) is 39.2 Å². The van der Waals surface area contributed by atoms with Crippen molar-refractivity contribution in [2.45, 2.75) is 39.3 Å². The molecule has 0 aliphatic carbocycles. The van der Waals surface area contributed by atoms with E-state index in [0.29, 0.717) is 17.9 Å². The van der Waals surface area contributed by atoms with E-state index in [2.05, 4.69) is 33.6 Å². The number of imidazole rings is 1. The van der Waals surface area contributed by atoms with Crippen LogP contribution in [0.15, 0.2) is 102 Å². The van der Waals surface area contributed by atoms with Gasteiger partial charge >= 0.3 is 0 Å². The van der Waals surface area contributed by atoms with Crippen molar-refractivity contribution < 1.29 is 9.84 Å². The van der Waals surface area contributed by atoms with Gasteiger partial charge in [-0.2, -0.15) is 5.10 Å². The first-order valence-corrected chi connectivity index (χ1v) is 14.3. The molecule has 0 amide bonds. The van der Waals surface area contributed by atoms with Gasteiger partial charge in [-0.1, -0.05) is 25.1 Å². The number of H-pyrrole nitrogens is 1. The molecule has 1 unspecified atom stereocenters. The highest BCUT2D eigenvalue weighted by molar-refractivity contribution is 5.85. The molecule has 0 bridgehead atoms. The lowest BCUT2D eigenvalue weighted by Crippen LogP contribution is -2.08. The lowest BCUT2D eigenvalue weighted by atomic mass is 10.0. The molecule has 0 saturated carbocycles. The normalized spacial score (nSPS) is 14.7. The summed E-state index contributed by atoms with van der Waals surface area (Å²) in [5, 5.41) is 16.0. The highest BCUT2D eigenvalue weighted by Gasteiger charge is 2.25. The van der Waals surface area contributed by atoms with Crippen molar-refractivity contribution in [2.75, 3.05) is 0 Å². The molecule has 214 valence electrons. The summed E-state index contributed by atoms with van der Waals surface area (Å²) < 4.78 is 10.1. The lowest BCUT2D eigenvalue weighted by Gasteiger charge is -2.15. The molecule has 1 aliphatic rings. The van der Waals surface area contributed by atoms with Crippen LogP contribution in [0.5, 0.6) is 5.75 Å². The standard InChI is InChI=1S/C34H30N6O3/c1-3-25-16-30(32-12-6-21(2)43-32)40(38-25)26-9-10-29-28(17-26)37-34(39(29)20-22-7-13-33(42)36-18-22)27-15-23(8-11-31(27)41)24-5-4-14-35-19-24/h4-11,13-19,32,41H,3,12,20H2,1-2H3,(H,36,42). The zero-order valence-corrected chi connectivity index (χ0v) is 23.9. The number of aromatic amines is 1. The molecule has 43 heavy (non-hydrogen) atoms. The maximum absolute atomic E-state index is 11.7. The predicted octanol–water partition coefficient (Wildman–Crippen LogP) is 6.32. The van der Waals surface area contributed by atoms with Gasteiger partial charge in [0.1, 0.15) is 17.7 Å². The first-order chi connectivity index (χ1) is 21.0. The number of fused-ring (bicyclic) bond motifs is 1. The molecule has 6 aromatic rings. The van der Waals surface area contributed by atoms with Gasteiger partial charge in [0, 0.05) is 36.6 Å². The Morgan fingerprint density at radius 2 is 1.98 bits per heavy atom. The van der Waals surface area contributed by atoms with Gasteiger partial charge in [-0.25, -0.2) is 9.67 Å². The van der Waals surface area contributed by atoms with E-state index in [1.807, 2.05) is 54.1 Å². The highest BCUT2D eigenvalue weighted by atomic mass is 16.5. The average molecular weight is 571 g/mol. The van der Waals surface area contributed by atoms with E-state index < -0.39 is 0 Å². The molecule has 1 atom stereocenters. The number of aromatic hydroxyl groups is 1. The fourth-order valence-corrected chi connectivity index (χ4v) is 5.60. The van der Waals surface area contributed by atoms with Gasteiger partial charge in [0.05, 0.1) is 46.0 Å². The summed E-state index contributed by atoms with van der Waals surface area (Å²) in [6.07, 6.45) is 8.86. The number of phenolic OH excluding ortho intramolecular Hbond substituents is 1. The smallest absolute Gasteiger partial charge is 0.247 e. The third-order valence-corrected chi connectivity index (χ3v) is 7.83.